The summed E-state index contributed by atoms with van der Waals surface area (Å²) in [5.41, 5.74) is 7.35. The van der Waals surface area contributed by atoms with Crippen LogP contribution in [0.15, 0.2) is 35.1 Å². The SMILES string of the molecule is Cc1cc(N)cnc1NC(C)c1ccco1. The van der Waals surface area contributed by atoms with Gasteiger partial charge in [-0.05, 0) is 37.6 Å². The average Bonchev–Trinajstić information content (AvgIpc) is 2.75. The maximum Gasteiger partial charge on any atom is 0.129 e. The molecule has 1 unspecified atom stereocenters. The highest BCUT2D eigenvalue weighted by atomic mass is 16.3. The lowest BCUT2D eigenvalue weighted by atomic mass is 10.2. The smallest absolute Gasteiger partial charge is 0.129 e. The zero-order valence-electron chi connectivity index (χ0n) is 9.40. The van der Waals surface area contributed by atoms with Crippen molar-refractivity contribution in [2.75, 3.05) is 11.1 Å². The van der Waals surface area contributed by atoms with Gasteiger partial charge >= 0.3 is 0 Å². The number of nitrogen functional groups attached to an aromatic ring is 1. The van der Waals surface area contributed by atoms with Gasteiger partial charge in [0, 0.05) is 0 Å². The van der Waals surface area contributed by atoms with E-state index in [1.54, 1.807) is 12.5 Å². The Kier molecular flexibility index (Phi) is 2.81. The van der Waals surface area contributed by atoms with Gasteiger partial charge in [0.2, 0.25) is 0 Å². The second-order valence-electron chi connectivity index (χ2n) is 3.82. The Balaban J connectivity index is 2.15. The quantitative estimate of drug-likeness (QED) is 0.829. The maximum atomic E-state index is 5.64. The molecule has 1 atom stereocenters. The van der Waals surface area contributed by atoms with E-state index in [0.29, 0.717) is 5.69 Å². The molecule has 0 amide bonds. The van der Waals surface area contributed by atoms with Gasteiger partial charge in [0.25, 0.3) is 0 Å². The Morgan fingerprint density at radius 3 is 2.94 bits per heavy atom. The topological polar surface area (TPSA) is 64.1 Å². The Morgan fingerprint density at radius 2 is 2.31 bits per heavy atom. The van der Waals surface area contributed by atoms with E-state index in [2.05, 4.69) is 10.3 Å². The highest BCUT2D eigenvalue weighted by Crippen LogP contribution is 2.21. The first kappa shape index (κ1) is 10.5. The van der Waals surface area contributed by atoms with E-state index in [0.717, 1.165) is 17.1 Å². The second-order valence-corrected chi connectivity index (χ2v) is 3.82. The van der Waals surface area contributed by atoms with Crippen molar-refractivity contribution >= 4 is 11.5 Å². The van der Waals surface area contributed by atoms with Crippen LogP contribution in [0, 0.1) is 6.92 Å². The number of nitrogens with two attached hydrogens (primary N) is 1. The van der Waals surface area contributed by atoms with Crippen LogP contribution >= 0.6 is 0 Å². The third-order valence-corrected chi connectivity index (χ3v) is 2.42. The molecule has 0 aromatic carbocycles. The number of nitrogens with one attached hydrogen (secondary N) is 1. The van der Waals surface area contributed by atoms with Crippen molar-refractivity contribution in [3.8, 4) is 0 Å². The summed E-state index contributed by atoms with van der Waals surface area (Å²) in [6.07, 6.45) is 3.31. The molecule has 0 aliphatic carbocycles. The molecule has 0 aliphatic rings. The molecule has 0 bridgehead atoms. The molecule has 0 saturated heterocycles. The highest BCUT2D eigenvalue weighted by Gasteiger charge is 2.09. The van der Waals surface area contributed by atoms with Crippen molar-refractivity contribution in [3.63, 3.8) is 0 Å². The van der Waals surface area contributed by atoms with Gasteiger partial charge in [0.1, 0.15) is 11.6 Å². The molecule has 4 nitrogen and oxygen atoms in total. The predicted octanol–water partition coefficient (Wildman–Crippen LogP) is 2.74. The molecule has 2 aromatic heterocycles. The number of hydrogen-bond acceptors (Lipinski definition) is 4. The fourth-order valence-electron chi connectivity index (χ4n) is 1.56. The molecule has 84 valence electrons. The Labute approximate surface area is 94.5 Å². The van der Waals surface area contributed by atoms with Crippen molar-refractivity contribution in [2.24, 2.45) is 0 Å². The third-order valence-electron chi connectivity index (χ3n) is 2.42. The number of aryl methyl sites for hydroxylation is 1. The number of anilines is 2. The number of furan rings is 1. The molecule has 16 heavy (non-hydrogen) atoms. The summed E-state index contributed by atoms with van der Waals surface area (Å²) in [6, 6.07) is 5.79. The number of nitrogens with zero attached hydrogens (tertiary/aromatic N) is 1. The highest BCUT2D eigenvalue weighted by molar-refractivity contribution is 5.51. The lowest BCUT2D eigenvalue weighted by molar-refractivity contribution is 0.490. The minimum atomic E-state index is 0.0878. The predicted molar refractivity (Wildman–Crippen MR) is 64.1 cm³/mol. The van der Waals surface area contributed by atoms with E-state index in [1.165, 1.54) is 0 Å². The number of hydrogen-bond donors (Lipinski definition) is 2. The zero-order chi connectivity index (χ0) is 11.5. The Hall–Kier alpha value is -1.97. The van der Waals surface area contributed by atoms with Gasteiger partial charge in [-0.1, -0.05) is 0 Å². The van der Waals surface area contributed by atoms with Crippen LogP contribution in [0.4, 0.5) is 11.5 Å². The van der Waals surface area contributed by atoms with Gasteiger partial charge in [-0.15, -0.1) is 0 Å². The summed E-state index contributed by atoms with van der Waals surface area (Å²) in [6.45, 7) is 4.00. The van der Waals surface area contributed by atoms with Crippen molar-refractivity contribution in [1.29, 1.82) is 0 Å². The van der Waals surface area contributed by atoms with Gasteiger partial charge in [0.15, 0.2) is 0 Å². The summed E-state index contributed by atoms with van der Waals surface area (Å²) in [5.74, 6) is 1.72. The van der Waals surface area contributed by atoms with E-state index >= 15 is 0 Å². The van der Waals surface area contributed by atoms with Crippen LogP contribution in [0.3, 0.4) is 0 Å². The second kappa shape index (κ2) is 4.26. The first-order valence-corrected chi connectivity index (χ1v) is 5.19. The molecule has 0 aliphatic heterocycles. The first-order chi connectivity index (χ1) is 7.66. The molecule has 2 aromatic rings. The normalized spacial score (nSPS) is 12.4. The molecular formula is C12H15N3O. The minimum Gasteiger partial charge on any atom is -0.467 e. The fourth-order valence-corrected chi connectivity index (χ4v) is 1.56. The number of aromatic nitrogens is 1. The van der Waals surface area contributed by atoms with Gasteiger partial charge in [-0.25, -0.2) is 4.98 Å². The third kappa shape index (κ3) is 2.16. The Bertz CT molecular complexity index is 465. The van der Waals surface area contributed by atoms with Crippen LogP contribution in [0.1, 0.15) is 24.3 Å². The number of pyridine rings is 1. The average molecular weight is 217 g/mol. The molecule has 3 N–H and O–H groups in total. The monoisotopic (exact) mass is 217 g/mol. The molecule has 2 rings (SSSR count). The van der Waals surface area contributed by atoms with Crippen molar-refractivity contribution in [1.82, 2.24) is 4.98 Å². The van der Waals surface area contributed by atoms with E-state index in [4.69, 9.17) is 10.2 Å². The summed E-state index contributed by atoms with van der Waals surface area (Å²) in [5, 5.41) is 3.28. The largest absolute Gasteiger partial charge is 0.467 e. The van der Waals surface area contributed by atoms with Crippen molar-refractivity contribution in [3.05, 3.63) is 42.0 Å². The van der Waals surface area contributed by atoms with Crippen LogP contribution < -0.4 is 11.1 Å². The summed E-state index contributed by atoms with van der Waals surface area (Å²) < 4.78 is 5.32. The van der Waals surface area contributed by atoms with Gasteiger partial charge in [0.05, 0.1) is 24.2 Å². The van der Waals surface area contributed by atoms with Crippen LogP contribution in [0.25, 0.3) is 0 Å². The van der Waals surface area contributed by atoms with E-state index in [1.807, 2.05) is 32.0 Å². The molecule has 0 saturated carbocycles. The van der Waals surface area contributed by atoms with Crippen LogP contribution in [-0.2, 0) is 0 Å². The van der Waals surface area contributed by atoms with Gasteiger partial charge in [-0.3, -0.25) is 0 Å². The lowest BCUT2D eigenvalue weighted by Crippen LogP contribution is -2.08. The molecule has 0 spiro atoms. The fraction of sp³-hybridized carbons (Fsp3) is 0.250. The van der Waals surface area contributed by atoms with Crippen LogP contribution in [0.2, 0.25) is 0 Å². The van der Waals surface area contributed by atoms with Crippen LogP contribution in [0.5, 0.6) is 0 Å². The minimum absolute atomic E-state index is 0.0878. The van der Waals surface area contributed by atoms with Crippen LogP contribution in [-0.4, -0.2) is 4.98 Å². The van der Waals surface area contributed by atoms with E-state index in [-0.39, 0.29) is 6.04 Å². The summed E-state index contributed by atoms with van der Waals surface area (Å²) in [4.78, 5) is 4.25. The van der Waals surface area contributed by atoms with Gasteiger partial charge in [-0.2, -0.15) is 0 Å². The lowest BCUT2D eigenvalue weighted by Gasteiger charge is -2.14. The van der Waals surface area contributed by atoms with E-state index < -0.39 is 0 Å². The molecule has 4 heteroatoms. The van der Waals surface area contributed by atoms with Crippen molar-refractivity contribution in [2.45, 2.75) is 19.9 Å². The van der Waals surface area contributed by atoms with E-state index in [9.17, 15) is 0 Å². The summed E-state index contributed by atoms with van der Waals surface area (Å²) >= 11 is 0. The van der Waals surface area contributed by atoms with Gasteiger partial charge < -0.3 is 15.5 Å². The molecular weight excluding hydrogens is 202 g/mol. The standard InChI is InChI=1S/C12H15N3O/c1-8-6-10(13)7-14-12(8)15-9(2)11-4-3-5-16-11/h3-7,9H,13H2,1-2H3,(H,14,15). The molecule has 2 heterocycles. The van der Waals surface area contributed by atoms with Crippen molar-refractivity contribution < 1.29 is 4.42 Å². The zero-order valence-corrected chi connectivity index (χ0v) is 9.40. The molecule has 0 fully saturated rings. The first-order valence-electron chi connectivity index (χ1n) is 5.19. The summed E-state index contributed by atoms with van der Waals surface area (Å²) in [7, 11) is 0. The maximum absolute atomic E-state index is 5.64. The Morgan fingerprint density at radius 1 is 1.50 bits per heavy atom. The molecule has 0 radical (unpaired) electrons. The number of rotatable bonds is 3.